The van der Waals surface area contributed by atoms with Crippen molar-refractivity contribution in [2.75, 3.05) is 13.1 Å². The minimum atomic E-state index is -0.770. The predicted octanol–water partition coefficient (Wildman–Crippen LogP) is 3.69. The third-order valence-electron chi connectivity index (χ3n) is 5.41. The second-order valence-corrected chi connectivity index (χ2v) is 7.41. The van der Waals surface area contributed by atoms with Gasteiger partial charge in [-0.15, -0.1) is 0 Å². The van der Waals surface area contributed by atoms with E-state index in [2.05, 4.69) is 0 Å². The fraction of sp³-hybridized carbons (Fsp3) is 0.381. The highest BCUT2D eigenvalue weighted by Crippen LogP contribution is 2.30. The first-order valence-electron chi connectivity index (χ1n) is 9.28. The van der Waals surface area contributed by atoms with Gasteiger partial charge in [-0.1, -0.05) is 6.92 Å². The molecular weight excluding hydrogens is 350 g/mol. The third-order valence-corrected chi connectivity index (χ3v) is 5.41. The lowest BCUT2D eigenvalue weighted by Crippen LogP contribution is -2.44. The Kier molecular flexibility index (Phi) is 4.60. The number of halogens is 2. The number of aromatic nitrogens is 1. The quantitative estimate of drug-likeness (QED) is 0.759. The number of aliphatic hydroxyl groups is 1. The molecule has 4 rings (SSSR count). The van der Waals surface area contributed by atoms with Gasteiger partial charge >= 0.3 is 0 Å². The Bertz CT molecular complexity index is 955. The lowest BCUT2D eigenvalue weighted by molar-refractivity contribution is -0.139. The van der Waals surface area contributed by atoms with Crippen molar-refractivity contribution in [2.45, 2.75) is 32.4 Å². The van der Waals surface area contributed by atoms with Crippen LogP contribution in [-0.2, 0) is 11.3 Å². The predicted molar refractivity (Wildman–Crippen MR) is 100 cm³/mol. The van der Waals surface area contributed by atoms with E-state index in [1.165, 1.54) is 24.3 Å². The molecule has 1 amide bonds. The normalized spacial score (nSPS) is 19.2. The number of likely N-dealkylation sites (tertiary alicyclic amines) is 1. The highest BCUT2D eigenvalue weighted by molar-refractivity contribution is 6.08. The van der Waals surface area contributed by atoms with Crippen LogP contribution < -0.4 is 0 Å². The molecule has 0 saturated carbocycles. The minimum absolute atomic E-state index is 0.00913. The first-order chi connectivity index (χ1) is 12.9. The summed E-state index contributed by atoms with van der Waals surface area (Å²) in [6.07, 6.45) is 1.05. The highest BCUT2D eigenvalue weighted by Gasteiger charge is 2.27. The van der Waals surface area contributed by atoms with Gasteiger partial charge in [0.1, 0.15) is 11.6 Å². The summed E-state index contributed by atoms with van der Waals surface area (Å²) in [5.74, 6) is -0.713. The fourth-order valence-corrected chi connectivity index (χ4v) is 4.08. The van der Waals surface area contributed by atoms with E-state index in [4.69, 9.17) is 0 Å². The Labute approximate surface area is 156 Å². The van der Waals surface area contributed by atoms with Crippen molar-refractivity contribution in [3.05, 3.63) is 48.0 Å². The van der Waals surface area contributed by atoms with Gasteiger partial charge in [-0.3, -0.25) is 4.79 Å². The molecule has 0 bridgehead atoms. The fourth-order valence-electron chi connectivity index (χ4n) is 4.08. The molecule has 0 radical (unpaired) electrons. The van der Waals surface area contributed by atoms with Gasteiger partial charge in [0, 0.05) is 40.8 Å². The largest absolute Gasteiger partial charge is 0.389 e. The molecule has 1 fully saturated rings. The summed E-state index contributed by atoms with van der Waals surface area (Å²) in [6, 6.07) is 8.77. The van der Waals surface area contributed by atoms with Gasteiger partial charge in [-0.25, -0.2) is 8.78 Å². The zero-order valence-corrected chi connectivity index (χ0v) is 15.2. The molecular formula is C21H22F2N2O2. The molecule has 6 heteroatoms. The summed E-state index contributed by atoms with van der Waals surface area (Å²) < 4.78 is 29.3. The van der Waals surface area contributed by atoms with E-state index < -0.39 is 6.10 Å². The molecule has 1 aliphatic heterocycles. The lowest BCUT2D eigenvalue weighted by Gasteiger charge is -2.32. The van der Waals surface area contributed by atoms with Crippen LogP contribution in [0.4, 0.5) is 8.78 Å². The van der Waals surface area contributed by atoms with Gasteiger partial charge in [0.2, 0.25) is 5.91 Å². The number of amides is 1. The molecule has 142 valence electrons. The average Bonchev–Trinajstić information content (AvgIpc) is 2.91. The van der Waals surface area contributed by atoms with Crippen LogP contribution in [0.2, 0.25) is 0 Å². The van der Waals surface area contributed by atoms with Crippen LogP contribution in [-0.4, -0.2) is 39.7 Å². The Hall–Kier alpha value is -2.47. The zero-order valence-electron chi connectivity index (χ0n) is 15.2. The number of fused-ring (bicyclic) bond motifs is 3. The summed E-state index contributed by atoms with van der Waals surface area (Å²) in [4.78, 5) is 14.0. The van der Waals surface area contributed by atoms with E-state index in [0.717, 1.165) is 23.9 Å². The number of carbonyl (C=O) groups excluding carboxylic acids is 1. The Morgan fingerprint density at radius 1 is 1.07 bits per heavy atom. The maximum atomic E-state index is 13.7. The molecule has 1 saturated heterocycles. The van der Waals surface area contributed by atoms with E-state index in [0.29, 0.717) is 17.3 Å². The van der Waals surface area contributed by atoms with E-state index in [9.17, 15) is 18.7 Å². The van der Waals surface area contributed by atoms with Gasteiger partial charge in [0.25, 0.3) is 0 Å². The number of rotatable bonds is 4. The summed E-state index contributed by atoms with van der Waals surface area (Å²) in [7, 11) is 0. The first-order valence-corrected chi connectivity index (χ1v) is 9.28. The van der Waals surface area contributed by atoms with Crippen molar-refractivity contribution in [3.8, 4) is 0 Å². The van der Waals surface area contributed by atoms with Crippen molar-refractivity contribution in [3.63, 3.8) is 0 Å². The van der Waals surface area contributed by atoms with Gasteiger partial charge in [0.15, 0.2) is 0 Å². The Balaban J connectivity index is 1.67. The summed E-state index contributed by atoms with van der Waals surface area (Å²) in [6.45, 7) is 3.07. The summed E-state index contributed by atoms with van der Waals surface area (Å²) >= 11 is 0. The molecule has 1 aliphatic rings. The van der Waals surface area contributed by atoms with E-state index in [1.54, 1.807) is 17.0 Å². The number of piperidine rings is 1. The van der Waals surface area contributed by atoms with Crippen molar-refractivity contribution in [1.82, 2.24) is 9.47 Å². The number of aliphatic hydroxyl groups excluding tert-OH is 1. The zero-order chi connectivity index (χ0) is 19.1. The van der Waals surface area contributed by atoms with Crippen LogP contribution in [0.5, 0.6) is 0 Å². The van der Waals surface area contributed by atoms with E-state index in [-0.39, 0.29) is 36.5 Å². The molecule has 2 atom stereocenters. The number of carbonyl (C=O) groups is 1. The molecule has 4 nitrogen and oxygen atoms in total. The number of hydrogen-bond donors (Lipinski definition) is 1. The molecule has 27 heavy (non-hydrogen) atoms. The van der Waals surface area contributed by atoms with Crippen LogP contribution in [0.25, 0.3) is 21.8 Å². The topological polar surface area (TPSA) is 45.5 Å². The molecule has 0 spiro atoms. The van der Waals surface area contributed by atoms with Crippen LogP contribution in [0.15, 0.2) is 36.4 Å². The number of β-amino-alcohol motifs (C(OH)–C–C–N with tert-alkyl or cyclic N) is 1. The van der Waals surface area contributed by atoms with Crippen molar-refractivity contribution in [1.29, 1.82) is 0 Å². The van der Waals surface area contributed by atoms with Crippen LogP contribution >= 0.6 is 0 Å². The molecule has 2 unspecified atom stereocenters. The maximum Gasteiger partial charge on any atom is 0.225 e. The monoisotopic (exact) mass is 372 g/mol. The highest BCUT2D eigenvalue weighted by atomic mass is 19.1. The SMILES string of the molecule is CC1CCCN(CC(O)Cn2c3ccc(F)cc3c3cc(F)ccc32)C1=O. The molecule has 0 aliphatic carbocycles. The van der Waals surface area contributed by atoms with E-state index >= 15 is 0 Å². The second-order valence-electron chi connectivity index (χ2n) is 7.41. The molecule has 3 aromatic rings. The summed E-state index contributed by atoms with van der Waals surface area (Å²) in [5.41, 5.74) is 1.46. The van der Waals surface area contributed by atoms with Crippen molar-refractivity contribution < 1.29 is 18.7 Å². The van der Waals surface area contributed by atoms with Gasteiger partial charge < -0.3 is 14.6 Å². The Morgan fingerprint density at radius 3 is 2.26 bits per heavy atom. The Morgan fingerprint density at radius 2 is 1.67 bits per heavy atom. The number of benzene rings is 2. The minimum Gasteiger partial charge on any atom is -0.389 e. The van der Waals surface area contributed by atoms with Gasteiger partial charge in [-0.2, -0.15) is 0 Å². The van der Waals surface area contributed by atoms with Crippen molar-refractivity contribution in [2.24, 2.45) is 5.92 Å². The maximum absolute atomic E-state index is 13.7. The van der Waals surface area contributed by atoms with Crippen LogP contribution in [0.1, 0.15) is 19.8 Å². The van der Waals surface area contributed by atoms with Crippen molar-refractivity contribution >= 4 is 27.7 Å². The molecule has 2 heterocycles. The van der Waals surface area contributed by atoms with Gasteiger partial charge in [-0.05, 0) is 49.2 Å². The van der Waals surface area contributed by atoms with Gasteiger partial charge in [0.05, 0.1) is 12.6 Å². The smallest absolute Gasteiger partial charge is 0.225 e. The third kappa shape index (κ3) is 3.30. The van der Waals surface area contributed by atoms with E-state index in [1.807, 2.05) is 11.5 Å². The average molecular weight is 372 g/mol. The van der Waals surface area contributed by atoms with Crippen LogP contribution in [0, 0.1) is 17.6 Å². The molecule has 2 aromatic carbocycles. The van der Waals surface area contributed by atoms with Crippen LogP contribution in [0.3, 0.4) is 0 Å². The lowest BCUT2D eigenvalue weighted by atomic mass is 9.99. The molecule has 1 aromatic heterocycles. The summed E-state index contributed by atoms with van der Waals surface area (Å²) in [5, 5.41) is 11.9. The number of nitrogens with zero attached hydrogens (tertiary/aromatic N) is 2. The second kappa shape index (κ2) is 6.93. The number of hydrogen-bond acceptors (Lipinski definition) is 2. The standard InChI is InChI=1S/C21H22F2N2O2/c1-13-3-2-8-24(21(13)27)11-16(26)12-25-19-6-4-14(22)9-17(19)18-10-15(23)5-7-20(18)25/h4-7,9-10,13,16,26H,2-3,8,11-12H2,1H3. The first kappa shape index (κ1) is 17.9. The molecule has 1 N–H and O–H groups in total.